The highest BCUT2D eigenvalue weighted by Gasteiger charge is 2.32. The zero-order valence-corrected chi connectivity index (χ0v) is 13.1. The minimum Gasteiger partial charge on any atom is -0.497 e. The van der Waals surface area contributed by atoms with Gasteiger partial charge in [-0.15, -0.1) is 0 Å². The van der Waals surface area contributed by atoms with Crippen molar-refractivity contribution in [3.05, 3.63) is 47.8 Å². The van der Waals surface area contributed by atoms with E-state index in [4.69, 9.17) is 14.1 Å². The number of benzene rings is 2. The van der Waals surface area contributed by atoms with Gasteiger partial charge < -0.3 is 19.2 Å². The summed E-state index contributed by atoms with van der Waals surface area (Å²) in [4.78, 5) is 0. The maximum atomic E-state index is 15.0. The molecule has 2 aromatic carbocycles. The second kappa shape index (κ2) is 6.60. The Morgan fingerprint density at radius 1 is 1.13 bits per heavy atom. The summed E-state index contributed by atoms with van der Waals surface area (Å²) in [7, 11) is 2.30. The summed E-state index contributed by atoms with van der Waals surface area (Å²) in [6.07, 6.45) is 0.381. The van der Waals surface area contributed by atoms with E-state index >= 15 is 4.39 Å². The second-order valence-corrected chi connectivity index (χ2v) is 5.53. The van der Waals surface area contributed by atoms with Crippen LogP contribution in [0.15, 0.2) is 36.4 Å². The van der Waals surface area contributed by atoms with Gasteiger partial charge in [0.05, 0.1) is 14.2 Å². The lowest BCUT2D eigenvalue weighted by atomic mass is 9.79. The van der Waals surface area contributed by atoms with Gasteiger partial charge in [0.1, 0.15) is 17.3 Å². The van der Waals surface area contributed by atoms with Gasteiger partial charge in [-0.3, -0.25) is 0 Å². The molecule has 1 saturated heterocycles. The van der Waals surface area contributed by atoms with Crippen LogP contribution in [0.25, 0.3) is 11.1 Å². The number of rotatable bonds is 4. The van der Waals surface area contributed by atoms with E-state index in [0.29, 0.717) is 35.6 Å². The first-order valence-corrected chi connectivity index (χ1v) is 7.44. The number of halogens is 1. The molecule has 0 spiro atoms. The highest BCUT2D eigenvalue weighted by atomic mass is 19.1. The van der Waals surface area contributed by atoms with Crippen molar-refractivity contribution >= 4 is 7.12 Å². The number of ether oxygens (including phenoxy) is 2. The molecular formula is C17H18BFO4. The van der Waals surface area contributed by atoms with Crippen LogP contribution in [0.3, 0.4) is 0 Å². The Bertz CT molecular complexity index is 690. The van der Waals surface area contributed by atoms with Crippen LogP contribution in [-0.2, 0) is 4.65 Å². The molecule has 0 bridgehead atoms. The van der Waals surface area contributed by atoms with Gasteiger partial charge in [0.25, 0.3) is 0 Å². The van der Waals surface area contributed by atoms with Crippen molar-refractivity contribution in [2.75, 3.05) is 20.8 Å². The minimum absolute atomic E-state index is 0.183. The van der Waals surface area contributed by atoms with Crippen molar-refractivity contribution in [2.45, 2.75) is 12.2 Å². The maximum absolute atomic E-state index is 15.0. The molecule has 120 valence electrons. The van der Waals surface area contributed by atoms with E-state index in [1.54, 1.807) is 50.6 Å². The van der Waals surface area contributed by atoms with Crippen LogP contribution in [0.1, 0.15) is 11.5 Å². The molecule has 0 radical (unpaired) electrons. The van der Waals surface area contributed by atoms with E-state index in [-0.39, 0.29) is 11.7 Å². The molecule has 1 aliphatic heterocycles. The molecule has 0 aliphatic carbocycles. The van der Waals surface area contributed by atoms with Crippen LogP contribution in [0.4, 0.5) is 4.39 Å². The Kier molecular flexibility index (Phi) is 4.55. The van der Waals surface area contributed by atoms with Crippen molar-refractivity contribution < 1.29 is 23.5 Å². The summed E-state index contributed by atoms with van der Waals surface area (Å²) in [5, 5.41) is 9.53. The Morgan fingerprint density at radius 2 is 1.83 bits per heavy atom. The molecule has 1 atom stereocenters. The zero-order chi connectivity index (χ0) is 16.4. The van der Waals surface area contributed by atoms with Gasteiger partial charge in [0.2, 0.25) is 0 Å². The summed E-state index contributed by atoms with van der Waals surface area (Å²) in [5.41, 5.74) is 1.71. The quantitative estimate of drug-likeness (QED) is 0.881. The summed E-state index contributed by atoms with van der Waals surface area (Å²) in [6.45, 7) is 0.299. The van der Waals surface area contributed by atoms with Crippen LogP contribution in [0.2, 0.25) is 6.32 Å². The lowest BCUT2D eigenvalue weighted by Gasteiger charge is -2.15. The summed E-state index contributed by atoms with van der Waals surface area (Å²) < 4.78 is 30.6. The van der Waals surface area contributed by atoms with Gasteiger partial charge in [-0.05, 0) is 41.7 Å². The molecule has 0 amide bonds. The van der Waals surface area contributed by atoms with Crippen molar-refractivity contribution in [2.24, 2.45) is 0 Å². The molecule has 23 heavy (non-hydrogen) atoms. The molecule has 0 saturated carbocycles. The third kappa shape index (κ3) is 3.18. The summed E-state index contributed by atoms with van der Waals surface area (Å²) in [5.74, 6) is 0.800. The lowest BCUT2D eigenvalue weighted by Crippen LogP contribution is -2.08. The van der Waals surface area contributed by atoms with Gasteiger partial charge in [0, 0.05) is 18.1 Å². The summed E-state index contributed by atoms with van der Waals surface area (Å²) in [6, 6.07) is 10.5. The average molecular weight is 316 g/mol. The van der Waals surface area contributed by atoms with E-state index in [1.165, 1.54) is 0 Å². The monoisotopic (exact) mass is 316 g/mol. The smallest absolute Gasteiger partial charge is 0.454 e. The molecule has 1 unspecified atom stereocenters. The standard InChI is InChI=1S/C17H18BFO4/c1-21-13-5-3-11(4-6-13)15-7-14(22-2)8-16(17(15)19)12-9-18(20)23-10-12/h3-8,12,20H,9-10H2,1-2H3. The first-order chi connectivity index (χ1) is 11.1. The van der Waals surface area contributed by atoms with Crippen molar-refractivity contribution in [3.8, 4) is 22.6 Å². The van der Waals surface area contributed by atoms with E-state index in [0.717, 1.165) is 5.56 Å². The SMILES string of the molecule is COc1ccc(-c2cc(OC)cc(C3COB(O)C3)c2F)cc1. The van der Waals surface area contributed by atoms with Gasteiger partial charge in [-0.25, -0.2) is 4.39 Å². The van der Waals surface area contributed by atoms with E-state index in [9.17, 15) is 5.02 Å². The van der Waals surface area contributed by atoms with Crippen LogP contribution in [-0.4, -0.2) is 33.0 Å². The Labute approximate surface area is 135 Å². The van der Waals surface area contributed by atoms with Crippen molar-refractivity contribution in [1.82, 2.24) is 0 Å². The topological polar surface area (TPSA) is 47.9 Å². The third-order valence-electron chi connectivity index (χ3n) is 4.13. The van der Waals surface area contributed by atoms with Crippen LogP contribution >= 0.6 is 0 Å². The second-order valence-electron chi connectivity index (χ2n) is 5.53. The fourth-order valence-corrected chi connectivity index (χ4v) is 2.84. The van der Waals surface area contributed by atoms with Gasteiger partial charge in [0.15, 0.2) is 0 Å². The Hall–Kier alpha value is -2.05. The van der Waals surface area contributed by atoms with E-state index in [2.05, 4.69) is 0 Å². The Balaban J connectivity index is 2.05. The molecule has 1 heterocycles. The van der Waals surface area contributed by atoms with Crippen LogP contribution in [0, 0.1) is 5.82 Å². The number of hydrogen-bond acceptors (Lipinski definition) is 4. The predicted octanol–water partition coefficient (Wildman–Crippen LogP) is 3.10. The molecule has 0 aromatic heterocycles. The average Bonchev–Trinajstić information content (AvgIpc) is 3.01. The first-order valence-electron chi connectivity index (χ1n) is 7.44. The summed E-state index contributed by atoms with van der Waals surface area (Å²) >= 11 is 0. The van der Waals surface area contributed by atoms with Crippen molar-refractivity contribution in [3.63, 3.8) is 0 Å². The molecule has 2 aromatic rings. The highest BCUT2D eigenvalue weighted by Crippen LogP contribution is 2.37. The lowest BCUT2D eigenvalue weighted by molar-refractivity contribution is 0.291. The van der Waals surface area contributed by atoms with Gasteiger partial charge in [-0.2, -0.15) is 0 Å². The minimum atomic E-state index is -0.838. The van der Waals surface area contributed by atoms with E-state index in [1.807, 2.05) is 0 Å². The van der Waals surface area contributed by atoms with Crippen LogP contribution < -0.4 is 9.47 Å². The highest BCUT2D eigenvalue weighted by molar-refractivity contribution is 6.43. The normalized spacial score (nSPS) is 17.4. The van der Waals surface area contributed by atoms with Crippen LogP contribution in [0.5, 0.6) is 11.5 Å². The fraction of sp³-hybridized carbons (Fsp3) is 0.294. The fourth-order valence-electron chi connectivity index (χ4n) is 2.84. The van der Waals surface area contributed by atoms with Gasteiger partial charge >= 0.3 is 7.12 Å². The predicted molar refractivity (Wildman–Crippen MR) is 86.4 cm³/mol. The third-order valence-corrected chi connectivity index (χ3v) is 4.13. The number of methoxy groups -OCH3 is 2. The van der Waals surface area contributed by atoms with Crippen molar-refractivity contribution in [1.29, 1.82) is 0 Å². The molecule has 3 rings (SSSR count). The Morgan fingerprint density at radius 3 is 2.39 bits per heavy atom. The first kappa shape index (κ1) is 15.8. The van der Waals surface area contributed by atoms with Gasteiger partial charge in [-0.1, -0.05) is 12.1 Å². The molecule has 1 N–H and O–H groups in total. The van der Waals surface area contributed by atoms with E-state index < -0.39 is 7.12 Å². The molecule has 1 aliphatic rings. The maximum Gasteiger partial charge on any atom is 0.454 e. The molecule has 1 fully saturated rings. The molecule has 4 nitrogen and oxygen atoms in total. The largest absolute Gasteiger partial charge is 0.497 e. The number of hydrogen-bond donors (Lipinski definition) is 1. The zero-order valence-electron chi connectivity index (χ0n) is 13.1. The molecular weight excluding hydrogens is 298 g/mol. The molecule has 6 heteroatoms.